The zero-order chi connectivity index (χ0) is 25.0. The molecule has 2 amide bonds. The van der Waals surface area contributed by atoms with Crippen molar-refractivity contribution in [2.75, 3.05) is 18.0 Å². The molecule has 0 saturated carbocycles. The van der Waals surface area contributed by atoms with Crippen LogP contribution < -0.4 is 10.3 Å². The lowest BCUT2D eigenvalue weighted by Crippen LogP contribution is -2.54. The van der Waals surface area contributed by atoms with Crippen LogP contribution in [-0.4, -0.2) is 29.8 Å². The van der Waals surface area contributed by atoms with Gasteiger partial charge in [0.15, 0.2) is 11.0 Å². The number of carbonyl (C=O) groups excluding carboxylic acids is 2. The van der Waals surface area contributed by atoms with E-state index in [1.165, 1.54) is 21.9 Å². The van der Waals surface area contributed by atoms with Crippen LogP contribution in [0.25, 0.3) is 11.0 Å². The topological polar surface area (TPSA) is 70.8 Å². The molecule has 3 aromatic carbocycles. The molecule has 1 atom stereocenters. The average molecular weight is 480 g/mol. The fourth-order valence-corrected chi connectivity index (χ4v) is 5.46. The van der Waals surface area contributed by atoms with E-state index < -0.39 is 28.6 Å². The lowest BCUT2D eigenvalue weighted by atomic mass is 9.83. The van der Waals surface area contributed by atoms with Crippen molar-refractivity contribution in [1.82, 2.24) is 4.90 Å². The summed E-state index contributed by atoms with van der Waals surface area (Å²) < 4.78 is 20.1. The second-order valence-electron chi connectivity index (χ2n) is 8.90. The summed E-state index contributed by atoms with van der Waals surface area (Å²) in [6.45, 7) is 4.13. The molecule has 1 aromatic heterocycles. The molecule has 6 rings (SSSR count). The van der Waals surface area contributed by atoms with Crippen molar-refractivity contribution in [3.63, 3.8) is 0 Å². The first kappa shape index (κ1) is 22.0. The number of hydrogen-bond acceptors (Lipinski definition) is 4. The van der Waals surface area contributed by atoms with Gasteiger partial charge in [-0.15, -0.1) is 6.58 Å². The third-order valence-corrected chi connectivity index (χ3v) is 6.98. The zero-order valence-electron chi connectivity index (χ0n) is 19.2. The molecule has 3 heterocycles. The third-order valence-electron chi connectivity index (χ3n) is 6.98. The van der Waals surface area contributed by atoms with Crippen molar-refractivity contribution >= 4 is 28.5 Å². The quantitative estimate of drug-likeness (QED) is 0.397. The van der Waals surface area contributed by atoms with Crippen LogP contribution in [-0.2, 0) is 16.8 Å². The highest BCUT2D eigenvalue weighted by atomic mass is 19.1. The predicted molar refractivity (Wildman–Crippen MR) is 133 cm³/mol. The number of amides is 2. The van der Waals surface area contributed by atoms with Gasteiger partial charge in [0.05, 0.1) is 16.6 Å². The Labute approximate surface area is 205 Å². The highest BCUT2D eigenvalue weighted by Crippen LogP contribution is 2.52. The fourth-order valence-electron chi connectivity index (χ4n) is 5.46. The molecular formula is C29H21FN2O4. The number of anilines is 1. The Bertz CT molecular complexity index is 1630. The lowest BCUT2D eigenvalue weighted by Gasteiger charge is -2.34. The number of halogens is 1. The van der Waals surface area contributed by atoms with Gasteiger partial charge in [-0.25, -0.2) is 4.39 Å². The van der Waals surface area contributed by atoms with Crippen molar-refractivity contribution in [3.05, 3.63) is 124 Å². The highest BCUT2D eigenvalue weighted by Gasteiger charge is 2.64. The minimum atomic E-state index is -1.72. The molecule has 4 aromatic rings. The monoisotopic (exact) mass is 480 g/mol. The van der Waals surface area contributed by atoms with Gasteiger partial charge in [-0.05, 0) is 36.2 Å². The van der Waals surface area contributed by atoms with Gasteiger partial charge in [0.2, 0.25) is 5.76 Å². The molecule has 0 saturated heterocycles. The van der Waals surface area contributed by atoms with Gasteiger partial charge in [-0.3, -0.25) is 14.4 Å². The van der Waals surface area contributed by atoms with Crippen molar-refractivity contribution in [2.45, 2.75) is 12.0 Å². The molecule has 0 fully saturated rings. The van der Waals surface area contributed by atoms with Crippen LogP contribution in [0.4, 0.5) is 10.1 Å². The first-order chi connectivity index (χ1) is 17.5. The summed E-state index contributed by atoms with van der Waals surface area (Å²) in [4.78, 5) is 45.1. The molecule has 0 bridgehead atoms. The van der Waals surface area contributed by atoms with Crippen LogP contribution in [0.15, 0.2) is 94.7 Å². The van der Waals surface area contributed by atoms with Crippen molar-refractivity contribution in [2.24, 2.45) is 0 Å². The van der Waals surface area contributed by atoms with E-state index in [1.807, 2.05) is 30.3 Å². The van der Waals surface area contributed by atoms with Crippen LogP contribution in [0.3, 0.4) is 0 Å². The van der Waals surface area contributed by atoms with E-state index >= 15 is 0 Å². The lowest BCUT2D eigenvalue weighted by molar-refractivity contribution is -0.125. The van der Waals surface area contributed by atoms with Crippen molar-refractivity contribution in [1.29, 1.82) is 0 Å². The summed E-state index contributed by atoms with van der Waals surface area (Å²) in [5.74, 6) is -1.78. The van der Waals surface area contributed by atoms with Crippen molar-refractivity contribution < 1.29 is 18.4 Å². The maximum atomic E-state index is 14.3. The standard InChI is InChI=1S/C29H21FN2O4/c1-2-15-31-22-11-7-6-10-21(22)29(28(31)35)24-25(33)20-17-19(30)12-13-23(20)36-26(24)27(34)32(29)16-14-18-8-4-3-5-9-18/h2-13,17H,1,14-16H2. The first-order valence-corrected chi connectivity index (χ1v) is 11.6. The Balaban J connectivity index is 1.65. The van der Waals surface area contributed by atoms with Crippen LogP contribution >= 0.6 is 0 Å². The Kier molecular flexibility index (Phi) is 4.89. The van der Waals surface area contributed by atoms with Gasteiger partial charge in [0.1, 0.15) is 11.4 Å². The Morgan fingerprint density at radius 2 is 1.72 bits per heavy atom. The summed E-state index contributed by atoms with van der Waals surface area (Å²) in [6.07, 6.45) is 2.06. The van der Waals surface area contributed by atoms with Gasteiger partial charge in [-0.1, -0.05) is 54.6 Å². The number of rotatable bonds is 5. The number of benzene rings is 3. The van der Waals surface area contributed by atoms with Gasteiger partial charge >= 0.3 is 0 Å². The number of fused-ring (bicyclic) bond motifs is 5. The molecule has 1 unspecified atom stereocenters. The minimum Gasteiger partial charge on any atom is -0.450 e. The molecule has 0 radical (unpaired) electrons. The molecule has 1 spiro atoms. The summed E-state index contributed by atoms with van der Waals surface area (Å²) >= 11 is 0. The first-order valence-electron chi connectivity index (χ1n) is 11.6. The Hall–Kier alpha value is -4.52. The maximum absolute atomic E-state index is 14.3. The van der Waals surface area contributed by atoms with E-state index in [4.69, 9.17) is 4.42 Å². The van der Waals surface area contributed by atoms with Gasteiger partial charge < -0.3 is 14.2 Å². The normalized spacial score (nSPS) is 18.2. The number of carbonyl (C=O) groups is 2. The molecule has 0 N–H and O–H groups in total. The number of hydrogen-bond donors (Lipinski definition) is 0. The Morgan fingerprint density at radius 1 is 0.972 bits per heavy atom. The average Bonchev–Trinajstić information content (AvgIpc) is 3.29. The van der Waals surface area contributed by atoms with Crippen LogP contribution in [0.1, 0.15) is 27.2 Å². The fraction of sp³-hybridized carbons (Fsp3) is 0.138. The smallest absolute Gasteiger partial charge is 0.291 e. The van der Waals surface area contributed by atoms with Crippen LogP contribution in [0.5, 0.6) is 0 Å². The zero-order valence-corrected chi connectivity index (χ0v) is 19.2. The summed E-state index contributed by atoms with van der Waals surface area (Å²) in [6, 6.07) is 20.3. The van der Waals surface area contributed by atoms with E-state index in [9.17, 15) is 18.8 Å². The SMILES string of the molecule is C=CCN1C(=O)C2(c3ccccc31)c1c(oc3ccc(F)cc3c1=O)C(=O)N2CCc1ccccc1. The largest absolute Gasteiger partial charge is 0.450 e. The van der Waals surface area contributed by atoms with Crippen LogP contribution in [0, 0.1) is 5.82 Å². The number of nitrogens with zero attached hydrogens (tertiary/aromatic N) is 2. The van der Waals surface area contributed by atoms with Crippen molar-refractivity contribution in [3.8, 4) is 0 Å². The maximum Gasteiger partial charge on any atom is 0.291 e. The predicted octanol–water partition coefficient (Wildman–Crippen LogP) is 4.41. The molecule has 0 aliphatic carbocycles. The van der Waals surface area contributed by atoms with E-state index in [0.717, 1.165) is 11.6 Å². The number of para-hydroxylation sites is 1. The second kappa shape index (κ2) is 8.02. The molecule has 6 nitrogen and oxygen atoms in total. The van der Waals surface area contributed by atoms with E-state index in [1.54, 1.807) is 30.3 Å². The molecule has 2 aliphatic rings. The van der Waals surface area contributed by atoms with E-state index in [-0.39, 0.29) is 35.4 Å². The molecule has 2 aliphatic heterocycles. The van der Waals surface area contributed by atoms with Gasteiger partial charge in [0, 0.05) is 18.7 Å². The minimum absolute atomic E-state index is 0.0155. The summed E-state index contributed by atoms with van der Waals surface area (Å²) in [7, 11) is 0. The van der Waals surface area contributed by atoms with Gasteiger partial charge in [-0.2, -0.15) is 0 Å². The Morgan fingerprint density at radius 3 is 2.50 bits per heavy atom. The van der Waals surface area contributed by atoms with E-state index in [0.29, 0.717) is 17.7 Å². The molecular weight excluding hydrogens is 459 g/mol. The third kappa shape index (κ3) is 2.86. The molecule has 178 valence electrons. The van der Waals surface area contributed by atoms with Gasteiger partial charge in [0.25, 0.3) is 11.8 Å². The van der Waals surface area contributed by atoms with E-state index in [2.05, 4.69) is 6.58 Å². The second-order valence-corrected chi connectivity index (χ2v) is 8.90. The molecule has 36 heavy (non-hydrogen) atoms. The van der Waals surface area contributed by atoms with Crippen LogP contribution in [0.2, 0.25) is 0 Å². The summed E-state index contributed by atoms with van der Waals surface area (Å²) in [5.41, 5.74) is -0.207. The molecule has 7 heteroatoms. The summed E-state index contributed by atoms with van der Waals surface area (Å²) in [5, 5.41) is -0.0155. The highest BCUT2D eigenvalue weighted by molar-refractivity contribution is 6.17.